The first kappa shape index (κ1) is 16.8. The predicted octanol–water partition coefficient (Wildman–Crippen LogP) is 4.27. The maximum absolute atomic E-state index is 4.73. The quantitative estimate of drug-likeness (QED) is 0.496. The Morgan fingerprint density at radius 3 is 2.40 bits per heavy atom. The predicted molar refractivity (Wildman–Crippen MR) is 97.8 cm³/mol. The van der Waals surface area contributed by atoms with Gasteiger partial charge in [-0.1, -0.05) is 57.1 Å². The molecule has 0 N–H and O–H groups in total. The number of nitrogens with zero attached hydrogens (tertiary/aromatic N) is 3. The van der Waals surface area contributed by atoms with E-state index < -0.39 is 0 Å². The number of rotatable bonds is 0. The molecule has 0 bridgehead atoms. The van der Waals surface area contributed by atoms with Gasteiger partial charge >= 0.3 is 0 Å². The van der Waals surface area contributed by atoms with E-state index in [0.717, 1.165) is 11.5 Å². The van der Waals surface area contributed by atoms with Crippen molar-refractivity contribution in [3.05, 3.63) is 59.8 Å². The summed E-state index contributed by atoms with van der Waals surface area (Å²) in [5.41, 5.74) is 7.93. The van der Waals surface area contributed by atoms with E-state index in [4.69, 9.17) is 5.10 Å². The largest absolute Gasteiger partial charge is 0.476 e. The Bertz CT molecular complexity index is 927. The molecule has 3 aliphatic rings. The number of benzene rings is 2. The third-order valence-corrected chi connectivity index (χ3v) is 6.44. The molecular formula is C21H21IrN3-2. The molecule has 0 atom stereocenters. The van der Waals surface area contributed by atoms with Crippen LogP contribution < -0.4 is 4.90 Å². The Hall–Kier alpha value is -1.64. The van der Waals surface area contributed by atoms with Crippen molar-refractivity contribution in [1.29, 1.82) is 0 Å². The minimum Gasteiger partial charge on any atom is -0.476 e. The number of fused-ring (bicyclic) bond motifs is 3. The van der Waals surface area contributed by atoms with Crippen LogP contribution in [-0.4, -0.2) is 17.9 Å². The molecule has 4 heteroatoms. The van der Waals surface area contributed by atoms with Crippen LogP contribution in [0.2, 0.25) is 0 Å². The molecule has 1 aliphatic carbocycles. The summed E-state index contributed by atoms with van der Waals surface area (Å²) in [4.78, 5) is 2.18. The van der Waals surface area contributed by atoms with Crippen molar-refractivity contribution < 1.29 is 20.1 Å². The van der Waals surface area contributed by atoms with Crippen LogP contribution in [0.1, 0.15) is 44.4 Å². The molecule has 3 nitrogen and oxygen atoms in total. The van der Waals surface area contributed by atoms with Crippen molar-refractivity contribution in [3.63, 3.8) is 0 Å². The maximum Gasteiger partial charge on any atom is 0.127 e. The fourth-order valence-corrected chi connectivity index (χ4v) is 4.45. The molecule has 5 rings (SSSR count). The summed E-state index contributed by atoms with van der Waals surface area (Å²) in [5.74, 6) is 1.01. The first-order chi connectivity index (χ1) is 11.3. The van der Waals surface area contributed by atoms with Gasteiger partial charge in [0.05, 0.1) is 0 Å². The van der Waals surface area contributed by atoms with E-state index >= 15 is 0 Å². The topological polar surface area (TPSA) is 18.8 Å². The minimum absolute atomic E-state index is 0. The van der Waals surface area contributed by atoms with Crippen LogP contribution in [0.5, 0.6) is 0 Å². The zero-order valence-corrected chi connectivity index (χ0v) is 17.5. The van der Waals surface area contributed by atoms with Crippen LogP contribution in [0.4, 0.5) is 5.69 Å². The molecule has 0 saturated carbocycles. The number of hydrazone groups is 1. The van der Waals surface area contributed by atoms with Crippen molar-refractivity contribution in [2.75, 3.05) is 11.9 Å². The number of hydrogen-bond donors (Lipinski definition) is 0. The Kier molecular flexibility index (Phi) is 3.33. The molecule has 2 aromatic carbocycles. The van der Waals surface area contributed by atoms with E-state index in [1.807, 2.05) is 18.7 Å². The van der Waals surface area contributed by atoms with Gasteiger partial charge in [-0.3, -0.25) is 0 Å². The Labute approximate surface area is 163 Å². The van der Waals surface area contributed by atoms with Crippen LogP contribution in [0.15, 0.2) is 35.4 Å². The first-order valence-corrected chi connectivity index (χ1v) is 8.49. The average molecular weight is 508 g/mol. The second-order valence-electron chi connectivity index (χ2n) is 8.08. The SMILES string of the molecule is CN1[CH-]N2C(=N1)c1cccc3c1-c1c2[c-]ccc1C(C)(C)C3(C)C.[Ir]. The third kappa shape index (κ3) is 1.82. The van der Waals surface area contributed by atoms with Gasteiger partial charge in [-0.2, -0.15) is 23.3 Å². The fourth-order valence-electron chi connectivity index (χ4n) is 4.45. The maximum atomic E-state index is 4.73. The molecule has 25 heavy (non-hydrogen) atoms. The van der Waals surface area contributed by atoms with Crippen LogP contribution in [0, 0.1) is 12.7 Å². The van der Waals surface area contributed by atoms with Gasteiger partial charge in [0, 0.05) is 25.7 Å². The van der Waals surface area contributed by atoms with Gasteiger partial charge in [-0.25, -0.2) is 0 Å². The Morgan fingerprint density at radius 2 is 1.68 bits per heavy atom. The minimum atomic E-state index is 0. The van der Waals surface area contributed by atoms with Crippen molar-refractivity contribution in [2.45, 2.75) is 38.5 Å². The summed E-state index contributed by atoms with van der Waals surface area (Å²) in [6.07, 6.45) is 0. The molecular weight excluding hydrogens is 486 g/mol. The molecule has 0 saturated heterocycles. The van der Waals surface area contributed by atoms with E-state index in [1.54, 1.807) is 0 Å². The smallest absolute Gasteiger partial charge is 0.127 e. The van der Waals surface area contributed by atoms with Gasteiger partial charge in [0.25, 0.3) is 0 Å². The van der Waals surface area contributed by atoms with Gasteiger partial charge in [0.2, 0.25) is 0 Å². The van der Waals surface area contributed by atoms with Crippen LogP contribution in [0.25, 0.3) is 11.1 Å². The van der Waals surface area contributed by atoms with E-state index in [2.05, 4.69) is 69.0 Å². The van der Waals surface area contributed by atoms with Crippen molar-refractivity contribution in [3.8, 4) is 11.1 Å². The van der Waals surface area contributed by atoms with Crippen molar-refractivity contribution >= 4 is 11.5 Å². The normalized spacial score (nSPS) is 20.4. The summed E-state index contributed by atoms with van der Waals surface area (Å²) in [7, 11) is 1.98. The molecule has 2 heterocycles. The monoisotopic (exact) mass is 508 g/mol. The van der Waals surface area contributed by atoms with E-state index in [1.165, 1.54) is 27.8 Å². The summed E-state index contributed by atoms with van der Waals surface area (Å²) in [6.45, 7) is 11.5. The van der Waals surface area contributed by atoms with Crippen LogP contribution in [-0.2, 0) is 30.9 Å². The van der Waals surface area contributed by atoms with Crippen LogP contribution >= 0.6 is 0 Å². The molecule has 0 spiro atoms. The second-order valence-corrected chi connectivity index (χ2v) is 8.08. The van der Waals surface area contributed by atoms with E-state index in [-0.39, 0.29) is 30.9 Å². The number of amidine groups is 1. The number of anilines is 1. The standard InChI is InChI=1S/C21H21N3.Ir/c1-20(2)14-9-6-8-13-17(14)18-15(21(20,3)4)10-7-11-16(18)24-12-23(5)22-19(13)24;/h6-10,12H,1-5H3;/q-2;. The molecule has 2 aliphatic heterocycles. The summed E-state index contributed by atoms with van der Waals surface area (Å²) in [5, 5.41) is 6.61. The van der Waals surface area contributed by atoms with Crippen molar-refractivity contribution in [1.82, 2.24) is 5.01 Å². The number of hydrogen-bond acceptors (Lipinski definition) is 3. The van der Waals surface area contributed by atoms with Gasteiger partial charge in [0.15, 0.2) is 0 Å². The zero-order chi connectivity index (χ0) is 16.9. The molecule has 0 unspecified atom stereocenters. The second kappa shape index (κ2) is 4.96. The summed E-state index contributed by atoms with van der Waals surface area (Å²) in [6, 6.07) is 14.5. The zero-order valence-electron chi connectivity index (χ0n) is 15.1. The summed E-state index contributed by atoms with van der Waals surface area (Å²) >= 11 is 0. The molecule has 1 radical (unpaired) electrons. The molecule has 0 fully saturated rings. The molecule has 0 aromatic heterocycles. The van der Waals surface area contributed by atoms with Crippen LogP contribution in [0.3, 0.4) is 0 Å². The van der Waals surface area contributed by atoms with E-state index in [0.29, 0.717) is 0 Å². The first-order valence-electron chi connectivity index (χ1n) is 8.49. The third-order valence-electron chi connectivity index (χ3n) is 6.44. The van der Waals surface area contributed by atoms with Crippen molar-refractivity contribution in [2.24, 2.45) is 5.10 Å². The molecule has 2 aromatic rings. The summed E-state index contributed by atoms with van der Waals surface area (Å²) < 4.78 is 0. The van der Waals surface area contributed by atoms with Gasteiger partial charge in [-0.05, 0) is 23.4 Å². The average Bonchev–Trinajstić information content (AvgIpc) is 2.94. The molecule has 131 valence electrons. The Morgan fingerprint density at radius 1 is 1.00 bits per heavy atom. The van der Waals surface area contributed by atoms with Gasteiger partial charge < -0.3 is 9.91 Å². The van der Waals surface area contributed by atoms with E-state index in [9.17, 15) is 0 Å². The van der Waals surface area contributed by atoms with Gasteiger partial charge in [-0.15, -0.1) is 17.8 Å². The van der Waals surface area contributed by atoms with Gasteiger partial charge in [0.1, 0.15) is 5.84 Å². The Balaban J connectivity index is 0.00000157. The fraction of sp³-hybridized carbons (Fsp3) is 0.333. The molecule has 0 amide bonds.